The minimum Gasteiger partial charge on any atom is -0.356 e. The summed E-state index contributed by atoms with van der Waals surface area (Å²) < 4.78 is 0. The second-order valence-corrected chi connectivity index (χ2v) is 7.08. The molecule has 1 heterocycles. The molecule has 0 aliphatic carbocycles. The summed E-state index contributed by atoms with van der Waals surface area (Å²) in [5, 5.41) is 6.41. The number of carbonyl (C=O) groups excluding carboxylic acids is 2. The van der Waals surface area contributed by atoms with Gasteiger partial charge in [-0.1, -0.05) is 26.7 Å². The Kier molecular flexibility index (Phi) is 9.92. The molecule has 0 radical (unpaired) electrons. The van der Waals surface area contributed by atoms with Crippen LogP contribution in [0.5, 0.6) is 0 Å². The fraction of sp³-hybridized carbons (Fsp3) is 0.889. The van der Waals surface area contributed by atoms with Gasteiger partial charge in [0.1, 0.15) is 0 Å². The molecule has 1 aliphatic heterocycles. The Balaban J connectivity index is 1.95. The van der Waals surface area contributed by atoms with Gasteiger partial charge in [-0.2, -0.15) is 0 Å². The van der Waals surface area contributed by atoms with Crippen molar-refractivity contribution in [2.45, 2.75) is 58.8 Å². The molecule has 0 bridgehead atoms. The maximum Gasteiger partial charge on any atom is 0.224 e. The number of nitrogens with one attached hydrogen (secondary N) is 2. The second-order valence-electron chi connectivity index (χ2n) is 7.08. The largest absolute Gasteiger partial charge is 0.356 e. The molecule has 0 aromatic carbocycles. The summed E-state index contributed by atoms with van der Waals surface area (Å²) in [7, 11) is 1.87. The lowest BCUT2D eigenvalue weighted by molar-refractivity contribution is -0.133. The van der Waals surface area contributed by atoms with Crippen molar-refractivity contribution in [2.75, 3.05) is 33.2 Å². The number of piperidine rings is 1. The van der Waals surface area contributed by atoms with Crippen LogP contribution in [0.4, 0.5) is 0 Å². The van der Waals surface area contributed by atoms with Gasteiger partial charge in [-0.3, -0.25) is 9.59 Å². The molecule has 0 unspecified atom stereocenters. The predicted octanol–water partition coefficient (Wildman–Crippen LogP) is 2.17. The highest BCUT2D eigenvalue weighted by Crippen LogP contribution is 2.10. The molecule has 5 nitrogen and oxygen atoms in total. The van der Waals surface area contributed by atoms with Crippen LogP contribution in [0.3, 0.4) is 0 Å². The van der Waals surface area contributed by atoms with Crippen molar-refractivity contribution in [2.24, 2.45) is 11.8 Å². The smallest absolute Gasteiger partial charge is 0.224 e. The van der Waals surface area contributed by atoms with Crippen molar-refractivity contribution in [3.05, 3.63) is 0 Å². The highest BCUT2D eigenvalue weighted by atomic mass is 16.2. The Hall–Kier alpha value is -1.10. The number of hydrogen-bond donors (Lipinski definition) is 2. The standard InChI is InChI=1S/C18H35N3O2/c1-15(2)18(23)21(3)13-7-5-4-6-8-17(22)20-14-16-9-11-19-12-10-16/h15-16,19H,4-14H2,1-3H3,(H,20,22). The van der Waals surface area contributed by atoms with Crippen molar-refractivity contribution < 1.29 is 9.59 Å². The molecule has 5 heteroatoms. The van der Waals surface area contributed by atoms with E-state index in [-0.39, 0.29) is 17.7 Å². The fourth-order valence-electron chi connectivity index (χ4n) is 2.97. The normalized spacial score (nSPS) is 15.7. The summed E-state index contributed by atoms with van der Waals surface area (Å²) in [6.07, 6.45) is 7.07. The van der Waals surface area contributed by atoms with Gasteiger partial charge in [0.25, 0.3) is 0 Å². The first kappa shape index (κ1) is 19.9. The van der Waals surface area contributed by atoms with E-state index >= 15 is 0 Å². The van der Waals surface area contributed by atoms with Crippen LogP contribution in [-0.4, -0.2) is 49.9 Å². The summed E-state index contributed by atoms with van der Waals surface area (Å²) in [5.74, 6) is 1.12. The highest BCUT2D eigenvalue weighted by molar-refractivity contribution is 5.77. The number of carbonyl (C=O) groups is 2. The van der Waals surface area contributed by atoms with E-state index in [2.05, 4.69) is 10.6 Å². The molecule has 134 valence electrons. The van der Waals surface area contributed by atoms with Crippen molar-refractivity contribution in [1.29, 1.82) is 0 Å². The predicted molar refractivity (Wildman–Crippen MR) is 94.2 cm³/mol. The summed E-state index contributed by atoms with van der Waals surface area (Å²) in [5.41, 5.74) is 0. The summed E-state index contributed by atoms with van der Waals surface area (Å²) in [6.45, 7) is 7.67. The van der Waals surface area contributed by atoms with Gasteiger partial charge in [0, 0.05) is 32.5 Å². The van der Waals surface area contributed by atoms with E-state index in [1.54, 1.807) is 0 Å². The second kappa shape index (κ2) is 11.4. The van der Waals surface area contributed by atoms with Crippen molar-refractivity contribution >= 4 is 11.8 Å². The van der Waals surface area contributed by atoms with E-state index in [0.717, 1.165) is 51.9 Å². The van der Waals surface area contributed by atoms with Gasteiger partial charge >= 0.3 is 0 Å². The molecular weight excluding hydrogens is 290 g/mol. The Labute approximate surface area is 141 Å². The van der Waals surface area contributed by atoms with Crippen LogP contribution >= 0.6 is 0 Å². The lowest BCUT2D eigenvalue weighted by Gasteiger charge is -2.22. The summed E-state index contributed by atoms with van der Waals surface area (Å²) in [4.78, 5) is 25.4. The third kappa shape index (κ3) is 8.94. The Bertz CT molecular complexity index is 352. The van der Waals surface area contributed by atoms with E-state index in [9.17, 15) is 9.59 Å². The third-order valence-electron chi connectivity index (χ3n) is 4.56. The first-order valence-electron chi connectivity index (χ1n) is 9.23. The monoisotopic (exact) mass is 325 g/mol. The van der Waals surface area contributed by atoms with E-state index in [1.807, 2.05) is 25.8 Å². The molecule has 0 aromatic heterocycles. The Morgan fingerprint density at radius 1 is 1.13 bits per heavy atom. The quantitative estimate of drug-likeness (QED) is 0.605. The van der Waals surface area contributed by atoms with Gasteiger partial charge in [0.05, 0.1) is 0 Å². The Morgan fingerprint density at radius 3 is 2.43 bits per heavy atom. The number of amides is 2. The molecule has 1 saturated heterocycles. The molecule has 1 fully saturated rings. The van der Waals surface area contributed by atoms with E-state index in [1.165, 1.54) is 12.8 Å². The zero-order chi connectivity index (χ0) is 17.1. The van der Waals surface area contributed by atoms with Gasteiger partial charge in [0.15, 0.2) is 0 Å². The van der Waals surface area contributed by atoms with Crippen molar-refractivity contribution in [1.82, 2.24) is 15.5 Å². The van der Waals surface area contributed by atoms with E-state index in [0.29, 0.717) is 12.3 Å². The van der Waals surface area contributed by atoms with Crippen LogP contribution < -0.4 is 10.6 Å². The lowest BCUT2D eigenvalue weighted by Crippen LogP contribution is -2.35. The van der Waals surface area contributed by atoms with Gasteiger partial charge in [-0.15, -0.1) is 0 Å². The van der Waals surface area contributed by atoms with Gasteiger partial charge in [-0.25, -0.2) is 0 Å². The molecule has 1 aliphatic rings. The minimum atomic E-state index is 0.0728. The summed E-state index contributed by atoms with van der Waals surface area (Å²) >= 11 is 0. The van der Waals surface area contributed by atoms with Gasteiger partial charge in [-0.05, 0) is 44.7 Å². The maximum absolute atomic E-state index is 11.8. The van der Waals surface area contributed by atoms with Gasteiger partial charge in [0.2, 0.25) is 11.8 Å². The third-order valence-corrected chi connectivity index (χ3v) is 4.56. The van der Waals surface area contributed by atoms with Crippen LogP contribution in [0.2, 0.25) is 0 Å². The zero-order valence-electron chi connectivity index (χ0n) is 15.2. The van der Waals surface area contributed by atoms with Crippen molar-refractivity contribution in [3.63, 3.8) is 0 Å². The molecule has 0 aromatic rings. The minimum absolute atomic E-state index is 0.0728. The van der Waals surface area contributed by atoms with Crippen molar-refractivity contribution in [3.8, 4) is 0 Å². The highest BCUT2D eigenvalue weighted by Gasteiger charge is 2.14. The molecular formula is C18H35N3O2. The van der Waals surface area contributed by atoms with E-state index < -0.39 is 0 Å². The molecule has 23 heavy (non-hydrogen) atoms. The van der Waals surface area contributed by atoms with Crippen LogP contribution in [-0.2, 0) is 9.59 Å². The zero-order valence-corrected chi connectivity index (χ0v) is 15.2. The van der Waals surface area contributed by atoms with Crippen LogP contribution in [0, 0.1) is 11.8 Å². The molecule has 1 rings (SSSR count). The lowest BCUT2D eigenvalue weighted by atomic mass is 9.98. The average Bonchev–Trinajstić information content (AvgIpc) is 2.56. The average molecular weight is 325 g/mol. The number of nitrogens with zero attached hydrogens (tertiary/aromatic N) is 1. The summed E-state index contributed by atoms with van der Waals surface area (Å²) in [6, 6.07) is 0. The molecule has 0 spiro atoms. The van der Waals surface area contributed by atoms with Crippen LogP contribution in [0.15, 0.2) is 0 Å². The van der Waals surface area contributed by atoms with Gasteiger partial charge < -0.3 is 15.5 Å². The molecule has 2 amide bonds. The van der Waals surface area contributed by atoms with Crippen LogP contribution in [0.1, 0.15) is 58.8 Å². The maximum atomic E-state index is 11.8. The molecule has 0 saturated carbocycles. The first-order chi connectivity index (χ1) is 11.0. The van der Waals surface area contributed by atoms with E-state index in [4.69, 9.17) is 0 Å². The SMILES string of the molecule is CC(C)C(=O)N(C)CCCCCCC(=O)NCC1CCNCC1. The number of rotatable bonds is 10. The molecule has 0 atom stereocenters. The van der Waals surface area contributed by atoms with Crippen LogP contribution in [0.25, 0.3) is 0 Å². The molecule has 2 N–H and O–H groups in total. The first-order valence-corrected chi connectivity index (χ1v) is 9.23. The Morgan fingerprint density at radius 2 is 1.78 bits per heavy atom. The topological polar surface area (TPSA) is 61.4 Å². The fourth-order valence-corrected chi connectivity index (χ4v) is 2.97. The number of hydrogen-bond acceptors (Lipinski definition) is 3. The number of unbranched alkanes of at least 4 members (excludes halogenated alkanes) is 3.